The summed E-state index contributed by atoms with van der Waals surface area (Å²) < 4.78 is 3.61. The zero-order valence-electron chi connectivity index (χ0n) is 17.4. The third-order valence-electron chi connectivity index (χ3n) is 5.74. The maximum absolute atomic E-state index is 12.8. The van der Waals surface area contributed by atoms with Crippen LogP contribution in [-0.2, 0) is 17.9 Å². The quantitative estimate of drug-likeness (QED) is 0.475. The maximum Gasteiger partial charge on any atom is 0.261 e. The zero-order chi connectivity index (χ0) is 21.5. The largest absolute Gasteiger partial charge is 0.341 e. The molecule has 0 bridgehead atoms. The van der Waals surface area contributed by atoms with Crippen LogP contribution in [-0.4, -0.2) is 20.0 Å². The molecule has 2 heterocycles. The highest BCUT2D eigenvalue weighted by molar-refractivity contribution is 6.09. The summed E-state index contributed by atoms with van der Waals surface area (Å²) in [4.78, 5) is 29.8. The van der Waals surface area contributed by atoms with Gasteiger partial charge in [0.15, 0.2) is 0 Å². The smallest absolute Gasteiger partial charge is 0.261 e. The third-order valence-corrected chi connectivity index (χ3v) is 5.74. The van der Waals surface area contributed by atoms with Gasteiger partial charge in [0.1, 0.15) is 6.54 Å². The Hall–Kier alpha value is -3.93. The van der Waals surface area contributed by atoms with E-state index in [1.807, 2.05) is 49.4 Å². The second-order valence-electron chi connectivity index (χ2n) is 7.69. The van der Waals surface area contributed by atoms with E-state index < -0.39 is 0 Å². The molecule has 0 aliphatic rings. The molecule has 1 N–H and O–H groups in total. The van der Waals surface area contributed by atoms with Gasteiger partial charge in [0.2, 0.25) is 5.91 Å². The first kappa shape index (κ1) is 19.1. The molecule has 5 rings (SSSR count). The van der Waals surface area contributed by atoms with Crippen LogP contribution in [0.1, 0.15) is 12.5 Å². The van der Waals surface area contributed by atoms with E-state index in [-0.39, 0.29) is 18.0 Å². The van der Waals surface area contributed by atoms with Gasteiger partial charge in [-0.1, -0.05) is 30.3 Å². The average Bonchev–Trinajstić information content (AvgIpc) is 3.09. The van der Waals surface area contributed by atoms with Gasteiger partial charge in [-0.15, -0.1) is 0 Å². The van der Waals surface area contributed by atoms with E-state index in [0.717, 1.165) is 28.4 Å². The number of amides is 1. The zero-order valence-corrected chi connectivity index (χ0v) is 17.4. The predicted molar refractivity (Wildman–Crippen MR) is 124 cm³/mol. The first-order valence-electron chi connectivity index (χ1n) is 10.3. The molecule has 5 aromatic rings. The van der Waals surface area contributed by atoms with Crippen LogP contribution in [0.4, 0.5) is 5.69 Å². The van der Waals surface area contributed by atoms with Gasteiger partial charge in [-0.05, 0) is 49.7 Å². The van der Waals surface area contributed by atoms with E-state index in [2.05, 4.69) is 33.9 Å². The molecular weight excluding hydrogens is 388 g/mol. The molecule has 31 heavy (non-hydrogen) atoms. The first-order valence-corrected chi connectivity index (χ1v) is 10.3. The van der Waals surface area contributed by atoms with Gasteiger partial charge in [0.25, 0.3) is 5.56 Å². The molecule has 154 valence electrons. The van der Waals surface area contributed by atoms with Crippen molar-refractivity contribution in [3.05, 3.63) is 82.9 Å². The lowest BCUT2D eigenvalue weighted by atomic mass is 10.1. The van der Waals surface area contributed by atoms with Gasteiger partial charge in [0, 0.05) is 34.0 Å². The molecule has 0 saturated carbocycles. The summed E-state index contributed by atoms with van der Waals surface area (Å²) in [6, 6.07) is 19.7. The average molecular weight is 410 g/mol. The lowest BCUT2D eigenvalue weighted by Gasteiger charge is -2.09. The van der Waals surface area contributed by atoms with Crippen LogP contribution in [0.5, 0.6) is 0 Å². The number of benzene rings is 3. The fourth-order valence-electron chi connectivity index (χ4n) is 4.28. The number of aromatic nitrogens is 3. The number of carbonyl (C=O) groups excluding carboxylic acids is 1. The Balaban J connectivity index is 1.46. The van der Waals surface area contributed by atoms with Crippen molar-refractivity contribution in [1.29, 1.82) is 0 Å². The molecule has 0 unspecified atom stereocenters. The van der Waals surface area contributed by atoms with Crippen molar-refractivity contribution in [3.8, 4) is 0 Å². The van der Waals surface area contributed by atoms with Crippen molar-refractivity contribution in [1.82, 2.24) is 14.1 Å². The fraction of sp³-hybridized carbons (Fsp3) is 0.160. The molecule has 6 nitrogen and oxygen atoms in total. The molecule has 0 spiro atoms. The molecule has 0 radical (unpaired) electrons. The molecule has 3 aromatic carbocycles. The summed E-state index contributed by atoms with van der Waals surface area (Å²) in [5.74, 6) is -0.269. The summed E-state index contributed by atoms with van der Waals surface area (Å²) in [6.45, 7) is 4.81. The topological polar surface area (TPSA) is 68.9 Å². The van der Waals surface area contributed by atoms with Gasteiger partial charge in [-0.2, -0.15) is 0 Å². The highest BCUT2D eigenvalue weighted by Crippen LogP contribution is 2.30. The van der Waals surface area contributed by atoms with E-state index in [0.29, 0.717) is 16.6 Å². The fourth-order valence-corrected chi connectivity index (χ4v) is 4.28. The molecular formula is C25H22N4O2. The molecule has 2 aromatic heterocycles. The first-order chi connectivity index (χ1) is 15.1. The number of carbonyl (C=O) groups is 1. The number of anilines is 1. The van der Waals surface area contributed by atoms with Crippen LogP contribution < -0.4 is 10.9 Å². The Morgan fingerprint density at radius 3 is 2.58 bits per heavy atom. The SMILES string of the molecule is CCn1c2ccccc2c2cc(NC(=O)Cn3cnc4c(C)cccc4c3=O)ccc21. The van der Waals surface area contributed by atoms with Crippen LogP contribution in [0.25, 0.3) is 32.7 Å². The number of nitrogens with one attached hydrogen (secondary N) is 1. The van der Waals surface area contributed by atoms with Crippen molar-refractivity contribution in [2.75, 3.05) is 5.32 Å². The summed E-state index contributed by atoms with van der Waals surface area (Å²) >= 11 is 0. The minimum atomic E-state index is -0.269. The van der Waals surface area contributed by atoms with Crippen LogP contribution in [0.2, 0.25) is 0 Å². The molecule has 1 amide bonds. The Kier molecular flexibility index (Phi) is 4.55. The van der Waals surface area contributed by atoms with E-state index in [1.165, 1.54) is 16.4 Å². The van der Waals surface area contributed by atoms with Gasteiger partial charge in [0.05, 0.1) is 17.2 Å². The number of hydrogen-bond donors (Lipinski definition) is 1. The molecule has 6 heteroatoms. The minimum absolute atomic E-state index is 0.0928. The highest BCUT2D eigenvalue weighted by atomic mass is 16.2. The maximum atomic E-state index is 12.8. The Labute approximate surface area is 178 Å². The van der Waals surface area contributed by atoms with Gasteiger partial charge < -0.3 is 9.88 Å². The number of fused-ring (bicyclic) bond motifs is 4. The van der Waals surface area contributed by atoms with Crippen LogP contribution in [0, 0.1) is 6.92 Å². The minimum Gasteiger partial charge on any atom is -0.341 e. The molecule has 0 fully saturated rings. The van der Waals surface area contributed by atoms with Gasteiger partial charge in [-0.3, -0.25) is 14.2 Å². The Bertz CT molecular complexity index is 1530. The standard InChI is InChI=1S/C25H22N4O2/c1-3-29-21-10-5-4-8-18(21)20-13-17(11-12-22(20)29)27-23(30)14-28-15-26-24-16(2)7-6-9-19(24)25(28)31/h4-13,15H,3,14H2,1-2H3,(H,27,30). The third kappa shape index (κ3) is 3.17. The summed E-state index contributed by atoms with van der Waals surface area (Å²) in [7, 11) is 0. The monoisotopic (exact) mass is 410 g/mol. The molecule has 0 aliphatic carbocycles. The number of rotatable bonds is 4. The summed E-state index contributed by atoms with van der Waals surface area (Å²) in [6.07, 6.45) is 1.44. The second kappa shape index (κ2) is 7.40. The number of nitrogens with zero attached hydrogens (tertiary/aromatic N) is 3. The van der Waals surface area contributed by atoms with E-state index in [1.54, 1.807) is 6.07 Å². The van der Waals surface area contributed by atoms with Crippen LogP contribution >= 0.6 is 0 Å². The lowest BCUT2D eigenvalue weighted by Crippen LogP contribution is -2.28. The number of para-hydroxylation sites is 2. The Morgan fingerprint density at radius 2 is 1.74 bits per heavy atom. The van der Waals surface area contributed by atoms with Crippen molar-refractivity contribution in [2.24, 2.45) is 0 Å². The molecule has 0 atom stereocenters. The number of hydrogen-bond acceptors (Lipinski definition) is 3. The normalized spacial score (nSPS) is 11.4. The summed E-state index contributed by atoms with van der Waals surface area (Å²) in [5, 5.41) is 5.69. The second-order valence-corrected chi connectivity index (χ2v) is 7.69. The van der Waals surface area contributed by atoms with E-state index >= 15 is 0 Å². The van der Waals surface area contributed by atoms with Gasteiger partial charge >= 0.3 is 0 Å². The summed E-state index contributed by atoms with van der Waals surface area (Å²) in [5.41, 5.74) is 4.40. The molecule has 0 saturated heterocycles. The van der Waals surface area contributed by atoms with E-state index in [4.69, 9.17) is 0 Å². The van der Waals surface area contributed by atoms with Crippen molar-refractivity contribution >= 4 is 44.3 Å². The van der Waals surface area contributed by atoms with E-state index in [9.17, 15) is 9.59 Å². The van der Waals surface area contributed by atoms with Crippen LogP contribution in [0.3, 0.4) is 0 Å². The highest BCUT2D eigenvalue weighted by Gasteiger charge is 2.12. The van der Waals surface area contributed by atoms with Crippen molar-refractivity contribution < 1.29 is 4.79 Å². The Morgan fingerprint density at radius 1 is 0.968 bits per heavy atom. The van der Waals surface area contributed by atoms with Crippen molar-refractivity contribution in [3.63, 3.8) is 0 Å². The number of aryl methyl sites for hydroxylation is 2. The van der Waals surface area contributed by atoms with Crippen LogP contribution in [0.15, 0.2) is 71.8 Å². The van der Waals surface area contributed by atoms with Gasteiger partial charge in [-0.25, -0.2) is 4.98 Å². The molecule has 0 aliphatic heterocycles. The lowest BCUT2D eigenvalue weighted by molar-refractivity contribution is -0.116. The van der Waals surface area contributed by atoms with Crippen molar-refractivity contribution in [2.45, 2.75) is 26.9 Å². The predicted octanol–water partition coefficient (Wildman–Crippen LogP) is 4.47.